The van der Waals surface area contributed by atoms with Crippen molar-refractivity contribution >= 4 is 10.0 Å². The van der Waals surface area contributed by atoms with Crippen molar-refractivity contribution in [2.75, 3.05) is 25.9 Å². The summed E-state index contributed by atoms with van der Waals surface area (Å²) in [5, 5.41) is 2.81. The van der Waals surface area contributed by atoms with E-state index in [4.69, 9.17) is 0 Å². The Hall–Kier alpha value is -0.920. The van der Waals surface area contributed by atoms with Crippen molar-refractivity contribution in [3.05, 3.63) is 18.7 Å². The smallest absolute Gasteiger partial charge is 0.212 e. The standard InChI is InChI=1S/C10H20N4O2S/c1-11-6-9-17(15,16)13-4-2-3-7-14-8-5-12-10-14/h5,8,10-11,13H,2-4,6-7,9H2,1H3. The van der Waals surface area contributed by atoms with Crippen LogP contribution < -0.4 is 10.0 Å². The summed E-state index contributed by atoms with van der Waals surface area (Å²) in [6.45, 7) is 1.85. The van der Waals surface area contributed by atoms with Gasteiger partial charge in [-0.25, -0.2) is 18.1 Å². The zero-order valence-electron chi connectivity index (χ0n) is 10.1. The van der Waals surface area contributed by atoms with E-state index in [0.717, 1.165) is 19.4 Å². The summed E-state index contributed by atoms with van der Waals surface area (Å²) in [4.78, 5) is 3.94. The Balaban J connectivity index is 2.07. The van der Waals surface area contributed by atoms with Gasteiger partial charge in [-0.2, -0.15) is 0 Å². The highest BCUT2D eigenvalue weighted by molar-refractivity contribution is 7.89. The maximum Gasteiger partial charge on any atom is 0.212 e. The topological polar surface area (TPSA) is 76.0 Å². The molecular formula is C10H20N4O2S. The van der Waals surface area contributed by atoms with Crippen LogP contribution in [-0.2, 0) is 16.6 Å². The third-order valence-corrected chi connectivity index (χ3v) is 3.73. The van der Waals surface area contributed by atoms with E-state index in [9.17, 15) is 8.42 Å². The van der Waals surface area contributed by atoms with Gasteiger partial charge in [0.1, 0.15) is 0 Å². The molecule has 1 heterocycles. The molecular weight excluding hydrogens is 240 g/mol. The molecule has 0 aliphatic carbocycles. The van der Waals surface area contributed by atoms with Crippen molar-refractivity contribution < 1.29 is 8.42 Å². The van der Waals surface area contributed by atoms with Gasteiger partial charge >= 0.3 is 0 Å². The number of imidazole rings is 1. The van der Waals surface area contributed by atoms with Crippen LogP contribution in [0, 0.1) is 0 Å². The average molecular weight is 260 g/mol. The molecule has 0 spiro atoms. The van der Waals surface area contributed by atoms with Crippen molar-refractivity contribution in [3.63, 3.8) is 0 Å². The molecule has 7 heteroatoms. The van der Waals surface area contributed by atoms with Crippen LogP contribution in [0.25, 0.3) is 0 Å². The zero-order chi connectivity index (χ0) is 12.6. The Morgan fingerprint density at radius 3 is 2.76 bits per heavy atom. The first-order valence-electron chi connectivity index (χ1n) is 5.72. The highest BCUT2D eigenvalue weighted by Gasteiger charge is 2.07. The number of rotatable bonds is 9. The molecule has 1 rings (SSSR count). The molecule has 17 heavy (non-hydrogen) atoms. The highest BCUT2D eigenvalue weighted by Crippen LogP contribution is 1.95. The third kappa shape index (κ3) is 6.40. The Bertz CT molecular complexity index is 388. The SMILES string of the molecule is CNCCS(=O)(=O)NCCCCn1ccnc1. The van der Waals surface area contributed by atoms with E-state index in [1.807, 2.05) is 10.8 Å². The molecule has 0 saturated carbocycles. The van der Waals surface area contributed by atoms with E-state index in [1.165, 1.54) is 0 Å². The van der Waals surface area contributed by atoms with Gasteiger partial charge < -0.3 is 9.88 Å². The summed E-state index contributed by atoms with van der Waals surface area (Å²) >= 11 is 0. The Labute approximate surface area is 102 Å². The molecule has 1 aromatic rings. The van der Waals surface area contributed by atoms with E-state index in [-0.39, 0.29) is 5.75 Å². The monoisotopic (exact) mass is 260 g/mol. The van der Waals surface area contributed by atoms with Crippen LogP contribution in [0.15, 0.2) is 18.7 Å². The number of unbranched alkanes of at least 4 members (excludes halogenated alkanes) is 1. The van der Waals surface area contributed by atoms with Crippen LogP contribution in [0.3, 0.4) is 0 Å². The summed E-state index contributed by atoms with van der Waals surface area (Å²) < 4.78 is 27.4. The number of hydrogen-bond acceptors (Lipinski definition) is 4. The molecule has 1 aromatic heterocycles. The van der Waals surface area contributed by atoms with Gasteiger partial charge in [-0.1, -0.05) is 0 Å². The lowest BCUT2D eigenvalue weighted by molar-refractivity contribution is 0.564. The van der Waals surface area contributed by atoms with Crippen LogP contribution in [0.2, 0.25) is 0 Å². The second-order valence-corrected chi connectivity index (χ2v) is 5.75. The largest absolute Gasteiger partial charge is 0.337 e. The van der Waals surface area contributed by atoms with Gasteiger partial charge in [0, 0.05) is 32.0 Å². The minimum absolute atomic E-state index is 0.130. The molecule has 0 aromatic carbocycles. The van der Waals surface area contributed by atoms with Crippen molar-refractivity contribution in [2.45, 2.75) is 19.4 Å². The lowest BCUT2D eigenvalue weighted by Gasteiger charge is -2.06. The van der Waals surface area contributed by atoms with E-state index in [1.54, 1.807) is 19.6 Å². The third-order valence-electron chi connectivity index (χ3n) is 2.35. The number of sulfonamides is 1. The molecule has 0 fully saturated rings. The first kappa shape index (κ1) is 14.1. The fourth-order valence-corrected chi connectivity index (χ4v) is 2.45. The molecule has 0 radical (unpaired) electrons. The second kappa shape index (κ2) is 7.41. The fourth-order valence-electron chi connectivity index (χ4n) is 1.37. The molecule has 0 aliphatic rings. The number of aromatic nitrogens is 2. The molecule has 6 nitrogen and oxygen atoms in total. The Morgan fingerprint density at radius 1 is 1.29 bits per heavy atom. The van der Waals surface area contributed by atoms with E-state index < -0.39 is 10.0 Å². The number of nitrogens with one attached hydrogen (secondary N) is 2. The van der Waals surface area contributed by atoms with Gasteiger partial charge in [-0.3, -0.25) is 0 Å². The molecule has 0 atom stereocenters. The fraction of sp³-hybridized carbons (Fsp3) is 0.700. The zero-order valence-corrected chi connectivity index (χ0v) is 10.9. The van der Waals surface area contributed by atoms with Crippen LogP contribution in [0.1, 0.15) is 12.8 Å². The molecule has 2 N–H and O–H groups in total. The summed E-state index contributed by atoms with van der Waals surface area (Å²) in [5.41, 5.74) is 0. The van der Waals surface area contributed by atoms with Gasteiger partial charge in [0.2, 0.25) is 10.0 Å². The van der Waals surface area contributed by atoms with Crippen LogP contribution in [0.5, 0.6) is 0 Å². The van der Waals surface area contributed by atoms with E-state index in [0.29, 0.717) is 13.1 Å². The molecule has 0 saturated heterocycles. The molecule has 98 valence electrons. The molecule has 0 amide bonds. The molecule has 0 aliphatic heterocycles. The summed E-state index contributed by atoms with van der Waals surface area (Å²) in [5.74, 6) is 0.130. The van der Waals surface area contributed by atoms with Crippen molar-refractivity contribution in [2.24, 2.45) is 0 Å². The summed E-state index contributed by atoms with van der Waals surface area (Å²) in [7, 11) is -1.37. The van der Waals surface area contributed by atoms with Gasteiger partial charge in [-0.15, -0.1) is 0 Å². The quantitative estimate of drug-likeness (QED) is 0.603. The number of nitrogens with zero attached hydrogens (tertiary/aromatic N) is 2. The number of aryl methyl sites for hydroxylation is 1. The lowest BCUT2D eigenvalue weighted by Crippen LogP contribution is -2.31. The van der Waals surface area contributed by atoms with Gasteiger partial charge in [0.25, 0.3) is 0 Å². The van der Waals surface area contributed by atoms with E-state index >= 15 is 0 Å². The maximum absolute atomic E-state index is 11.4. The van der Waals surface area contributed by atoms with Crippen LogP contribution in [0.4, 0.5) is 0 Å². The van der Waals surface area contributed by atoms with Crippen LogP contribution >= 0.6 is 0 Å². The molecule has 0 unspecified atom stereocenters. The van der Waals surface area contributed by atoms with Crippen LogP contribution in [-0.4, -0.2) is 43.9 Å². The number of hydrogen-bond donors (Lipinski definition) is 2. The predicted molar refractivity (Wildman–Crippen MR) is 67.2 cm³/mol. The first-order valence-corrected chi connectivity index (χ1v) is 7.37. The Morgan fingerprint density at radius 2 is 2.12 bits per heavy atom. The lowest BCUT2D eigenvalue weighted by atomic mass is 10.3. The van der Waals surface area contributed by atoms with Gasteiger partial charge in [0.05, 0.1) is 12.1 Å². The minimum Gasteiger partial charge on any atom is -0.337 e. The summed E-state index contributed by atoms with van der Waals surface area (Å²) in [6.07, 6.45) is 7.16. The normalized spacial score (nSPS) is 11.8. The van der Waals surface area contributed by atoms with Crippen molar-refractivity contribution in [1.82, 2.24) is 19.6 Å². The minimum atomic E-state index is -3.11. The average Bonchev–Trinajstić information content (AvgIpc) is 2.79. The first-order chi connectivity index (χ1) is 8.14. The Kier molecular flexibility index (Phi) is 6.17. The van der Waals surface area contributed by atoms with E-state index in [2.05, 4.69) is 15.0 Å². The van der Waals surface area contributed by atoms with Gasteiger partial charge in [-0.05, 0) is 19.9 Å². The van der Waals surface area contributed by atoms with Crippen molar-refractivity contribution in [3.8, 4) is 0 Å². The predicted octanol–water partition coefficient (Wildman–Crippen LogP) is -0.198. The molecule has 0 bridgehead atoms. The summed E-state index contributed by atoms with van der Waals surface area (Å²) in [6, 6.07) is 0. The second-order valence-electron chi connectivity index (χ2n) is 3.82. The maximum atomic E-state index is 11.4. The van der Waals surface area contributed by atoms with Gasteiger partial charge in [0.15, 0.2) is 0 Å². The highest BCUT2D eigenvalue weighted by atomic mass is 32.2. The van der Waals surface area contributed by atoms with Crippen molar-refractivity contribution in [1.29, 1.82) is 0 Å².